The van der Waals surface area contributed by atoms with E-state index in [1.165, 1.54) is 7.11 Å². The maximum Gasteiger partial charge on any atom is 0.408 e. The zero-order chi connectivity index (χ0) is 18.7. The van der Waals surface area contributed by atoms with Gasteiger partial charge in [-0.2, -0.15) is 0 Å². The minimum atomic E-state index is -1.10. The zero-order valence-electron chi connectivity index (χ0n) is 15.6. The molecule has 1 aliphatic rings. The minimum absolute atomic E-state index is 0.0168. The highest BCUT2D eigenvalue weighted by Gasteiger charge is 2.44. The Morgan fingerprint density at radius 3 is 2.36 bits per heavy atom. The number of carbonyl (C=O) groups excluding carboxylic acids is 2. The first-order valence-corrected chi connectivity index (χ1v) is 8.49. The Bertz CT molecular complexity index is 650. The van der Waals surface area contributed by atoms with Crippen LogP contribution in [0.4, 0.5) is 4.79 Å². The molecule has 0 saturated heterocycles. The van der Waals surface area contributed by atoms with Crippen LogP contribution in [0.2, 0.25) is 0 Å². The van der Waals surface area contributed by atoms with E-state index in [4.69, 9.17) is 14.2 Å². The van der Waals surface area contributed by atoms with Gasteiger partial charge < -0.3 is 19.5 Å². The first kappa shape index (κ1) is 19.1. The van der Waals surface area contributed by atoms with Crippen molar-refractivity contribution >= 4 is 11.9 Å². The van der Waals surface area contributed by atoms with Crippen LogP contribution < -0.4 is 14.8 Å². The summed E-state index contributed by atoms with van der Waals surface area (Å²) in [5.41, 5.74) is -1.05. The molecular formula is C19H27NO5. The number of methoxy groups -OCH3 is 2. The van der Waals surface area contributed by atoms with Gasteiger partial charge in [0.15, 0.2) is 17.3 Å². The molecule has 1 aliphatic carbocycles. The van der Waals surface area contributed by atoms with Crippen LogP contribution in [-0.2, 0) is 15.1 Å². The van der Waals surface area contributed by atoms with Gasteiger partial charge in [-0.05, 0) is 57.7 Å². The third-order valence-electron chi connectivity index (χ3n) is 4.27. The maximum absolute atomic E-state index is 12.8. The lowest BCUT2D eigenvalue weighted by molar-refractivity contribution is -0.128. The summed E-state index contributed by atoms with van der Waals surface area (Å²) in [7, 11) is 3.09. The predicted molar refractivity (Wildman–Crippen MR) is 94.1 cm³/mol. The molecular weight excluding hydrogens is 322 g/mol. The lowest BCUT2D eigenvalue weighted by atomic mass is 9.75. The number of amides is 1. The van der Waals surface area contributed by atoms with Gasteiger partial charge in [-0.25, -0.2) is 4.79 Å². The van der Waals surface area contributed by atoms with Crippen molar-refractivity contribution in [3.63, 3.8) is 0 Å². The molecule has 1 fully saturated rings. The van der Waals surface area contributed by atoms with Crippen LogP contribution in [0.5, 0.6) is 11.5 Å². The SMILES string of the molecule is COc1ccc(C2(NC(=O)OC(C)(C)C)CCCCC2=O)cc1OC. The van der Waals surface area contributed by atoms with E-state index in [0.717, 1.165) is 12.8 Å². The first-order chi connectivity index (χ1) is 11.7. The fraction of sp³-hybridized carbons (Fsp3) is 0.579. The molecule has 2 rings (SSSR count). The molecule has 25 heavy (non-hydrogen) atoms. The van der Waals surface area contributed by atoms with E-state index in [2.05, 4.69) is 5.32 Å². The van der Waals surface area contributed by atoms with Gasteiger partial charge in [0, 0.05) is 6.42 Å². The second-order valence-electron chi connectivity index (χ2n) is 7.23. The highest BCUT2D eigenvalue weighted by Crippen LogP contribution is 2.39. The zero-order valence-corrected chi connectivity index (χ0v) is 15.6. The number of rotatable bonds is 4. The largest absolute Gasteiger partial charge is 0.493 e. The molecule has 1 aromatic rings. The maximum atomic E-state index is 12.8. The van der Waals surface area contributed by atoms with E-state index in [0.29, 0.717) is 29.9 Å². The van der Waals surface area contributed by atoms with E-state index < -0.39 is 17.2 Å². The smallest absolute Gasteiger partial charge is 0.408 e. The molecule has 1 aromatic carbocycles. The number of benzene rings is 1. The topological polar surface area (TPSA) is 73.9 Å². The van der Waals surface area contributed by atoms with Crippen LogP contribution in [0, 0.1) is 0 Å². The summed E-state index contributed by atoms with van der Waals surface area (Å²) < 4.78 is 16.0. The fourth-order valence-electron chi connectivity index (χ4n) is 3.12. The minimum Gasteiger partial charge on any atom is -0.493 e. The number of ketones is 1. The van der Waals surface area contributed by atoms with Crippen molar-refractivity contribution in [2.24, 2.45) is 0 Å². The Morgan fingerprint density at radius 1 is 1.12 bits per heavy atom. The number of ether oxygens (including phenoxy) is 3. The number of hydrogen-bond acceptors (Lipinski definition) is 5. The van der Waals surface area contributed by atoms with Crippen LogP contribution in [0.3, 0.4) is 0 Å². The number of nitrogens with one attached hydrogen (secondary N) is 1. The summed E-state index contributed by atoms with van der Waals surface area (Å²) in [6.07, 6.45) is 2.02. The molecule has 1 unspecified atom stereocenters. The Morgan fingerprint density at radius 2 is 1.80 bits per heavy atom. The van der Waals surface area contributed by atoms with Crippen LogP contribution >= 0.6 is 0 Å². The number of Topliss-reactive ketones (excluding diaryl/α,β-unsaturated/α-hetero) is 1. The molecule has 1 amide bonds. The second kappa shape index (κ2) is 7.33. The molecule has 1 atom stereocenters. The summed E-state index contributed by atoms with van der Waals surface area (Å²) in [4.78, 5) is 25.2. The summed E-state index contributed by atoms with van der Waals surface area (Å²) in [5, 5.41) is 2.84. The summed E-state index contributed by atoms with van der Waals surface area (Å²) in [6.45, 7) is 5.37. The van der Waals surface area contributed by atoms with Crippen molar-refractivity contribution in [2.45, 2.75) is 57.6 Å². The summed E-state index contributed by atoms with van der Waals surface area (Å²) in [5.74, 6) is 1.07. The van der Waals surface area contributed by atoms with Gasteiger partial charge in [-0.15, -0.1) is 0 Å². The van der Waals surface area contributed by atoms with Crippen LogP contribution in [-0.4, -0.2) is 31.7 Å². The van der Waals surface area contributed by atoms with E-state index in [1.807, 2.05) is 0 Å². The van der Waals surface area contributed by atoms with Crippen LogP contribution in [0.25, 0.3) is 0 Å². The van der Waals surface area contributed by atoms with Crippen molar-refractivity contribution in [1.82, 2.24) is 5.32 Å². The number of hydrogen-bond donors (Lipinski definition) is 1. The molecule has 138 valence electrons. The Kier molecular flexibility index (Phi) is 5.60. The van der Waals surface area contributed by atoms with Gasteiger partial charge in [-0.3, -0.25) is 4.79 Å². The van der Waals surface area contributed by atoms with Crippen molar-refractivity contribution in [1.29, 1.82) is 0 Å². The van der Waals surface area contributed by atoms with Crippen molar-refractivity contribution in [2.75, 3.05) is 14.2 Å². The van der Waals surface area contributed by atoms with Gasteiger partial charge in [0.25, 0.3) is 0 Å². The van der Waals surface area contributed by atoms with Gasteiger partial charge in [0.2, 0.25) is 0 Å². The van der Waals surface area contributed by atoms with Crippen LogP contribution in [0.1, 0.15) is 52.0 Å². The van der Waals surface area contributed by atoms with Crippen molar-refractivity contribution in [3.05, 3.63) is 23.8 Å². The molecule has 0 spiro atoms. The van der Waals surface area contributed by atoms with Gasteiger partial charge in [-0.1, -0.05) is 6.07 Å². The lowest BCUT2D eigenvalue weighted by Gasteiger charge is -2.37. The Hall–Kier alpha value is -2.24. The molecule has 0 bridgehead atoms. The number of carbonyl (C=O) groups is 2. The monoisotopic (exact) mass is 349 g/mol. The van der Waals surface area contributed by atoms with Gasteiger partial charge in [0.05, 0.1) is 14.2 Å². The van der Waals surface area contributed by atoms with E-state index in [9.17, 15) is 9.59 Å². The highest BCUT2D eigenvalue weighted by atomic mass is 16.6. The Balaban J connectivity index is 2.42. The number of alkyl carbamates (subject to hydrolysis) is 1. The predicted octanol–water partition coefficient (Wildman–Crippen LogP) is 3.57. The standard InChI is InChI=1S/C19H27NO5/c1-18(2,3)25-17(22)20-19(11-7-6-8-16(19)21)13-9-10-14(23-4)15(12-13)24-5/h9-10,12H,6-8,11H2,1-5H3,(H,20,22). The molecule has 0 aliphatic heterocycles. The van der Waals surface area contributed by atoms with Crippen molar-refractivity contribution < 1.29 is 23.8 Å². The third kappa shape index (κ3) is 4.24. The average molecular weight is 349 g/mol. The van der Waals surface area contributed by atoms with Crippen molar-refractivity contribution in [3.8, 4) is 11.5 Å². The average Bonchev–Trinajstić information content (AvgIpc) is 2.54. The fourth-order valence-corrected chi connectivity index (χ4v) is 3.12. The summed E-state index contributed by atoms with van der Waals surface area (Å²) in [6, 6.07) is 5.29. The normalized spacial score (nSPS) is 20.8. The molecule has 1 N–H and O–H groups in total. The van der Waals surface area contributed by atoms with E-state index >= 15 is 0 Å². The van der Waals surface area contributed by atoms with E-state index in [-0.39, 0.29) is 5.78 Å². The first-order valence-electron chi connectivity index (χ1n) is 8.49. The summed E-state index contributed by atoms with van der Waals surface area (Å²) >= 11 is 0. The Labute approximate surface area is 148 Å². The van der Waals surface area contributed by atoms with Crippen LogP contribution in [0.15, 0.2) is 18.2 Å². The molecule has 0 heterocycles. The molecule has 0 radical (unpaired) electrons. The molecule has 6 nitrogen and oxygen atoms in total. The third-order valence-corrected chi connectivity index (χ3v) is 4.27. The van der Waals surface area contributed by atoms with E-state index in [1.54, 1.807) is 46.1 Å². The molecule has 6 heteroatoms. The lowest BCUT2D eigenvalue weighted by Crippen LogP contribution is -2.54. The highest BCUT2D eigenvalue weighted by molar-refractivity contribution is 5.93. The van der Waals surface area contributed by atoms with Gasteiger partial charge >= 0.3 is 6.09 Å². The molecule has 0 aromatic heterocycles. The quantitative estimate of drug-likeness (QED) is 0.899. The second-order valence-corrected chi connectivity index (χ2v) is 7.23. The molecule has 1 saturated carbocycles. The van der Waals surface area contributed by atoms with Gasteiger partial charge in [0.1, 0.15) is 11.1 Å².